The van der Waals surface area contributed by atoms with Crippen molar-refractivity contribution in [3.63, 3.8) is 0 Å². The smallest absolute Gasteiger partial charge is 0.136 e. The van der Waals surface area contributed by atoms with E-state index in [4.69, 9.17) is 4.42 Å². The van der Waals surface area contributed by atoms with Crippen LogP contribution >= 0.6 is 0 Å². The van der Waals surface area contributed by atoms with E-state index in [2.05, 4.69) is 165 Å². The summed E-state index contributed by atoms with van der Waals surface area (Å²) in [5.74, 6) is 0.390. The van der Waals surface area contributed by atoms with E-state index in [0.717, 1.165) is 21.9 Å². The third-order valence-corrected chi connectivity index (χ3v) is 10.3. The molecule has 0 N–H and O–H groups in total. The summed E-state index contributed by atoms with van der Waals surface area (Å²) in [5, 5.41) is 9.75. The van der Waals surface area contributed by atoms with Gasteiger partial charge < -0.3 is 4.42 Å². The van der Waals surface area contributed by atoms with E-state index >= 15 is 0 Å². The zero-order valence-corrected chi connectivity index (χ0v) is 26.0. The summed E-state index contributed by atoms with van der Waals surface area (Å²) in [6.07, 6.45) is 2.36. The van der Waals surface area contributed by atoms with Gasteiger partial charge in [-0.3, -0.25) is 0 Å². The number of fused-ring (bicyclic) bond motifs is 7. The van der Waals surface area contributed by atoms with Crippen LogP contribution in [0.1, 0.15) is 29.5 Å². The molecule has 1 atom stereocenters. The Balaban J connectivity index is 1.16. The fourth-order valence-electron chi connectivity index (χ4n) is 8.03. The first kappa shape index (κ1) is 26.3. The summed E-state index contributed by atoms with van der Waals surface area (Å²) >= 11 is 0. The van der Waals surface area contributed by atoms with Crippen LogP contribution in [0, 0.1) is 0 Å². The molecule has 1 aliphatic rings. The number of hydrogen-bond acceptors (Lipinski definition) is 1. The minimum atomic E-state index is 0.390. The van der Waals surface area contributed by atoms with Crippen molar-refractivity contribution >= 4 is 65.9 Å². The number of benzene rings is 8. The molecule has 1 heterocycles. The summed E-state index contributed by atoms with van der Waals surface area (Å²) < 4.78 is 6.37. The molecule has 1 aromatic heterocycles. The zero-order chi connectivity index (χ0) is 31.1. The Labute approximate surface area is 273 Å². The van der Waals surface area contributed by atoms with Crippen molar-refractivity contribution in [1.29, 1.82) is 0 Å². The molecular formula is C46H30O. The van der Waals surface area contributed by atoms with Gasteiger partial charge in [0.05, 0.1) is 0 Å². The van der Waals surface area contributed by atoms with Crippen molar-refractivity contribution in [3.8, 4) is 22.3 Å². The number of furan rings is 1. The number of allylic oxidation sites excluding steroid dienone is 1. The summed E-state index contributed by atoms with van der Waals surface area (Å²) in [5.41, 5.74) is 12.2. The van der Waals surface area contributed by atoms with Crippen LogP contribution in [0.4, 0.5) is 0 Å². The lowest BCUT2D eigenvalue weighted by Crippen LogP contribution is -1.94. The third kappa shape index (κ3) is 3.96. The van der Waals surface area contributed by atoms with E-state index in [-0.39, 0.29) is 0 Å². The summed E-state index contributed by atoms with van der Waals surface area (Å²) in [6, 6.07) is 55.4. The van der Waals surface area contributed by atoms with Crippen molar-refractivity contribution in [2.75, 3.05) is 0 Å². The van der Waals surface area contributed by atoms with E-state index in [1.54, 1.807) is 0 Å². The van der Waals surface area contributed by atoms with Crippen molar-refractivity contribution < 1.29 is 4.42 Å². The number of rotatable bonds is 3. The standard InChI is InChI=1S/C46H30O/c1-28-35-13-5-4-12-33(35)25-40(28)29-18-20-30(21-19-29)45-36-14-6-8-16-38(36)46(39-17-9-7-15-37(39)45)34-22-23-43-41(26-34)42-24-31-10-2-3-11-32(31)27-44(42)47-43/h2-28H,1H3. The highest BCUT2D eigenvalue weighted by Gasteiger charge is 2.23. The van der Waals surface area contributed by atoms with Gasteiger partial charge in [0, 0.05) is 16.7 Å². The molecule has 0 radical (unpaired) electrons. The highest BCUT2D eigenvalue weighted by Crippen LogP contribution is 2.46. The van der Waals surface area contributed by atoms with Gasteiger partial charge in [-0.05, 0) is 101 Å². The Morgan fingerprint density at radius 1 is 0.426 bits per heavy atom. The Kier molecular flexibility index (Phi) is 5.62. The molecule has 0 aliphatic heterocycles. The van der Waals surface area contributed by atoms with Crippen LogP contribution in [0.2, 0.25) is 0 Å². The Bertz CT molecular complexity index is 2680. The van der Waals surface area contributed by atoms with Gasteiger partial charge in [0.15, 0.2) is 0 Å². The lowest BCUT2D eigenvalue weighted by Gasteiger charge is -2.18. The van der Waals surface area contributed by atoms with Gasteiger partial charge in [0.1, 0.15) is 11.2 Å². The van der Waals surface area contributed by atoms with Crippen LogP contribution in [0.15, 0.2) is 156 Å². The maximum Gasteiger partial charge on any atom is 0.136 e. The van der Waals surface area contributed by atoms with Gasteiger partial charge in [0.2, 0.25) is 0 Å². The minimum absolute atomic E-state index is 0.390. The second-order valence-electron chi connectivity index (χ2n) is 12.9. The van der Waals surface area contributed by atoms with Crippen molar-refractivity contribution in [2.45, 2.75) is 12.8 Å². The van der Waals surface area contributed by atoms with E-state index in [9.17, 15) is 0 Å². The molecule has 0 saturated carbocycles. The molecular weight excluding hydrogens is 569 g/mol. The molecule has 220 valence electrons. The first-order valence-corrected chi connectivity index (χ1v) is 16.4. The third-order valence-electron chi connectivity index (χ3n) is 10.3. The van der Waals surface area contributed by atoms with Crippen LogP contribution in [-0.4, -0.2) is 0 Å². The van der Waals surface area contributed by atoms with Crippen LogP contribution in [0.5, 0.6) is 0 Å². The molecule has 9 aromatic rings. The molecule has 0 amide bonds. The largest absolute Gasteiger partial charge is 0.456 e. The summed E-state index contributed by atoms with van der Waals surface area (Å²) in [4.78, 5) is 0. The van der Waals surface area contributed by atoms with Gasteiger partial charge in [0.25, 0.3) is 0 Å². The molecule has 1 heteroatoms. The fraction of sp³-hybridized carbons (Fsp3) is 0.0435. The fourth-order valence-corrected chi connectivity index (χ4v) is 8.03. The first-order chi connectivity index (χ1) is 23.2. The van der Waals surface area contributed by atoms with E-state index in [1.807, 2.05) is 0 Å². The molecule has 0 fully saturated rings. The van der Waals surface area contributed by atoms with Gasteiger partial charge in [-0.25, -0.2) is 0 Å². The van der Waals surface area contributed by atoms with Crippen LogP contribution in [0.3, 0.4) is 0 Å². The second-order valence-corrected chi connectivity index (χ2v) is 12.9. The first-order valence-electron chi connectivity index (χ1n) is 16.4. The van der Waals surface area contributed by atoms with Crippen molar-refractivity contribution in [1.82, 2.24) is 0 Å². The monoisotopic (exact) mass is 598 g/mol. The van der Waals surface area contributed by atoms with E-state index in [0.29, 0.717) is 5.92 Å². The summed E-state index contributed by atoms with van der Waals surface area (Å²) in [7, 11) is 0. The maximum absolute atomic E-state index is 6.37. The topological polar surface area (TPSA) is 13.1 Å². The van der Waals surface area contributed by atoms with E-state index < -0.39 is 0 Å². The lowest BCUT2D eigenvalue weighted by molar-refractivity contribution is 0.669. The highest BCUT2D eigenvalue weighted by atomic mass is 16.3. The molecule has 0 bridgehead atoms. The van der Waals surface area contributed by atoms with Gasteiger partial charge >= 0.3 is 0 Å². The molecule has 0 saturated heterocycles. The van der Waals surface area contributed by atoms with Gasteiger partial charge in [-0.2, -0.15) is 0 Å². The highest BCUT2D eigenvalue weighted by molar-refractivity contribution is 6.22. The second kappa shape index (κ2) is 10.0. The molecule has 8 aromatic carbocycles. The molecule has 1 aliphatic carbocycles. The van der Waals surface area contributed by atoms with Gasteiger partial charge in [-0.15, -0.1) is 0 Å². The molecule has 10 rings (SSSR count). The Morgan fingerprint density at radius 2 is 0.957 bits per heavy atom. The minimum Gasteiger partial charge on any atom is -0.456 e. The molecule has 1 nitrogen and oxygen atoms in total. The summed E-state index contributed by atoms with van der Waals surface area (Å²) in [6.45, 7) is 2.32. The quantitative estimate of drug-likeness (QED) is 0.184. The van der Waals surface area contributed by atoms with Crippen molar-refractivity contribution in [3.05, 3.63) is 168 Å². The predicted octanol–water partition coefficient (Wildman–Crippen LogP) is 13.0. The predicted molar refractivity (Wildman–Crippen MR) is 200 cm³/mol. The average molecular weight is 599 g/mol. The average Bonchev–Trinajstić information content (AvgIpc) is 3.66. The SMILES string of the molecule is CC1C(c2ccc(-c3c4ccccc4c(-c4ccc5oc6cc7ccccc7cc6c5c4)c4ccccc34)cc2)=Cc2ccccc21. The normalized spacial score (nSPS) is 14.4. The maximum atomic E-state index is 6.37. The Morgan fingerprint density at radius 3 is 1.64 bits per heavy atom. The van der Waals surface area contributed by atoms with Crippen molar-refractivity contribution in [2.24, 2.45) is 0 Å². The zero-order valence-electron chi connectivity index (χ0n) is 26.0. The lowest BCUT2D eigenvalue weighted by atomic mass is 9.85. The molecule has 1 unspecified atom stereocenters. The van der Waals surface area contributed by atoms with Gasteiger partial charge in [-0.1, -0.05) is 140 Å². The molecule has 0 spiro atoms. The van der Waals surface area contributed by atoms with Crippen LogP contribution in [-0.2, 0) is 0 Å². The molecule has 47 heavy (non-hydrogen) atoms. The Hall–Kier alpha value is -5.92. The van der Waals surface area contributed by atoms with Crippen LogP contribution in [0.25, 0.3) is 88.2 Å². The van der Waals surface area contributed by atoms with E-state index in [1.165, 1.54) is 76.8 Å². The number of hydrogen-bond donors (Lipinski definition) is 0. The van der Waals surface area contributed by atoms with Crippen LogP contribution < -0.4 is 0 Å².